The molecule has 0 unspecified atom stereocenters. The second-order valence-electron chi connectivity index (χ2n) is 8.25. The number of furan rings is 1. The van der Waals surface area contributed by atoms with Gasteiger partial charge in [0.05, 0.1) is 52.4 Å². The fraction of sp³-hybridized carbons (Fsp3) is 0.269. The fourth-order valence-electron chi connectivity index (χ4n) is 4.05. The lowest BCUT2D eigenvalue weighted by Crippen LogP contribution is -2.38. The van der Waals surface area contributed by atoms with Crippen molar-refractivity contribution in [3.63, 3.8) is 0 Å². The molecule has 200 valence electrons. The summed E-state index contributed by atoms with van der Waals surface area (Å²) in [5.74, 6) is 0.380. The molecule has 0 spiro atoms. The van der Waals surface area contributed by atoms with Gasteiger partial charge in [-0.2, -0.15) is 5.10 Å². The summed E-state index contributed by atoms with van der Waals surface area (Å²) < 4.78 is 29.5. The van der Waals surface area contributed by atoms with Crippen molar-refractivity contribution in [2.75, 3.05) is 40.4 Å². The number of hydrogen-bond acceptors (Lipinski definition) is 10. The summed E-state index contributed by atoms with van der Waals surface area (Å²) in [7, 11) is 7.54. The van der Waals surface area contributed by atoms with Crippen LogP contribution in [0.5, 0.6) is 23.0 Å². The van der Waals surface area contributed by atoms with Crippen LogP contribution in [0.4, 0.5) is 5.69 Å². The average molecular weight is 525 g/mol. The quantitative estimate of drug-likeness (QED) is 0.263. The molecule has 4 N–H and O–H groups in total. The van der Waals surface area contributed by atoms with Crippen LogP contribution in [-0.2, 0) is 11.8 Å². The number of aliphatic hydroxyl groups is 1. The highest BCUT2D eigenvalue weighted by atomic mass is 16.5. The molecule has 2 aromatic heterocycles. The fourth-order valence-corrected chi connectivity index (χ4v) is 4.05. The summed E-state index contributed by atoms with van der Waals surface area (Å²) in [4.78, 5) is 26.7. The summed E-state index contributed by atoms with van der Waals surface area (Å²) in [5, 5.41) is 16.6. The molecule has 38 heavy (non-hydrogen) atoms. The van der Waals surface area contributed by atoms with E-state index in [2.05, 4.69) is 10.4 Å². The van der Waals surface area contributed by atoms with Crippen LogP contribution in [0.25, 0.3) is 22.3 Å². The number of rotatable bonds is 10. The van der Waals surface area contributed by atoms with Gasteiger partial charge < -0.3 is 39.5 Å². The predicted molar refractivity (Wildman–Crippen MR) is 138 cm³/mol. The van der Waals surface area contributed by atoms with Gasteiger partial charge >= 0.3 is 0 Å². The van der Waals surface area contributed by atoms with Crippen molar-refractivity contribution in [2.24, 2.45) is 12.8 Å². The molecular formula is C26H28N4O8. The van der Waals surface area contributed by atoms with E-state index in [4.69, 9.17) is 29.1 Å². The Hall–Kier alpha value is -4.55. The van der Waals surface area contributed by atoms with Crippen molar-refractivity contribution in [2.45, 2.75) is 6.04 Å². The highest BCUT2D eigenvalue weighted by molar-refractivity contribution is 6.22. The van der Waals surface area contributed by atoms with E-state index in [1.807, 2.05) is 0 Å². The number of fused-ring (bicyclic) bond motifs is 1. The number of nitrogens with two attached hydrogens (primary N) is 1. The third-order valence-electron chi connectivity index (χ3n) is 5.94. The number of methoxy groups -OCH3 is 4. The van der Waals surface area contributed by atoms with Gasteiger partial charge in [-0.05, 0) is 24.3 Å². The zero-order valence-corrected chi connectivity index (χ0v) is 21.5. The maximum atomic E-state index is 14.1. The normalized spacial score (nSPS) is 11.8. The monoisotopic (exact) mass is 524 g/mol. The van der Waals surface area contributed by atoms with Crippen LogP contribution < -0.4 is 30.0 Å². The molecular weight excluding hydrogens is 496 g/mol. The number of aliphatic hydroxyl groups excluding tert-OH is 1. The summed E-state index contributed by atoms with van der Waals surface area (Å²) in [6, 6.07) is 5.16. The van der Waals surface area contributed by atoms with Crippen molar-refractivity contribution in [1.29, 1.82) is 0 Å². The number of amides is 1. The van der Waals surface area contributed by atoms with E-state index in [9.17, 15) is 14.7 Å². The smallest absolute Gasteiger partial charge is 0.243 e. The first-order valence-electron chi connectivity index (χ1n) is 11.4. The topological polar surface area (TPSA) is 160 Å². The number of ether oxygens (including phenoxy) is 4. The van der Waals surface area contributed by atoms with E-state index in [0.29, 0.717) is 28.2 Å². The molecule has 0 saturated heterocycles. The minimum absolute atomic E-state index is 0.160. The molecule has 4 rings (SSSR count). The van der Waals surface area contributed by atoms with Crippen molar-refractivity contribution >= 4 is 28.3 Å². The molecule has 1 amide bonds. The molecule has 0 aliphatic carbocycles. The van der Waals surface area contributed by atoms with Crippen molar-refractivity contribution in [1.82, 2.24) is 9.78 Å². The van der Waals surface area contributed by atoms with Crippen LogP contribution in [0.2, 0.25) is 0 Å². The predicted octanol–water partition coefficient (Wildman–Crippen LogP) is 2.36. The number of ketones is 1. The number of anilines is 1. The Morgan fingerprint density at radius 2 is 1.74 bits per heavy atom. The summed E-state index contributed by atoms with van der Waals surface area (Å²) >= 11 is 0. The maximum absolute atomic E-state index is 14.1. The molecule has 0 radical (unpaired) electrons. The Morgan fingerprint density at radius 3 is 2.26 bits per heavy atom. The first kappa shape index (κ1) is 26.5. The van der Waals surface area contributed by atoms with E-state index in [-0.39, 0.29) is 33.9 Å². The third-order valence-corrected chi connectivity index (χ3v) is 5.94. The standard InChI is InChI=1S/C26H28N4O8/c1-30-11-14(10-28-30)23-20(22(32)13-8-18(35-3)25(37-5)19(9-13)36-4)15-6-7-17(34-2)21(24(15)38-23)29-26(33)16(27)12-31/h6-11,16,31H,12,27H2,1-5H3,(H,29,33)/t16-/m0/s1. The summed E-state index contributed by atoms with van der Waals surface area (Å²) in [6.07, 6.45) is 3.25. The number of nitrogens with zero attached hydrogens (tertiary/aromatic N) is 2. The van der Waals surface area contributed by atoms with Crippen molar-refractivity contribution in [3.8, 4) is 34.3 Å². The lowest BCUT2D eigenvalue weighted by molar-refractivity contribution is -0.118. The van der Waals surface area contributed by atoms with Crippen LogP contribution in [0.3, 0.4) is 0 Å². The number of carbonyl (C=O) groups excluding carboxylic acids is 2. The molecule has 0 aliphatic rings. The molecule has 0 fully saturated rings. The minimum Gasteiger partial charge on any atom is -0.494 e. The molecule has 12 nitrogen and oxygen atoms in total. The summed E-state index contributed by atoms with van der Waals surface area (Å²) in [5.41, 5.74) is 7.03. The minimum atomic E-state index is -1.18. The molecule has 1 atom stereocenters. The van der Waals surface area contributed by atoms with Crippen molar-refractivity contribution in [3.05, 3.63) is 47.8 Å². The van der Waals surface area contributed by atoms with Gasteiger partial charge in [-0.1, -0.05) is 0 Å². The van der Waals surface area contributed by atoms with Crippen LogP contribution in [0.15, 0.2) is 41.1 Å². The number of carbonyl (C=O) groups is 2. The third kappa shape index (κ3) is 4.62. The molecule has 2 heterocycles. The second-order valence-corrected chi connectivity index (χ2v) is 8.25. The highest BCUT2D eigenvalue weighted by Crippen LogP contribution is 2.44. The van der Waals surface area contributed by atoms with Gasteiger partial charge in [-0.25, -0.2) is 0 Å². The molecule has 12 heteroatoms. The Balaban J connectivity index is 1.99. The number of benzene rings is 2. The van der Waals surface area contributed by atoms with Gasteiger partial charge in [-0.15, -0.1) is 0 Å². The highest BCUT2D eigenvalue weighted by Gasteiger charge is 2.29. The van der Waals surface area contributed by atoms with E-state index in [0.717, 1.165) is 0 Å². The first-order valence-corrected chi connectivity index (χ1v) is 11.4. The lowest BCUT2D eigenvalue weighted by Gasteiger charge is -2.14. The average Bonchev–Trinajstić information content (AvgIpc) is 3.54. The van der Waals surface area contributed by atoms with Gasteiger partial charge in [0.25, 0.3) is 0 Å². The van der Waals surface area contributed by atoms with E-state index in [1.54, 1.807) is 48.4 Å². The van der Waals surface area contributed by atoms with Crippen LogP contribution in [0.1, 0.15) is 15.9 Å². The molecule has 0 bridgehead atoms. The second kappa shape index (κ2) is 10.8. The molecule has 0 saturated carbocycles. The Morgan fingerprint density at radius 1 is 1.08 bits per heavy atom. The van der Waals surface area contributed by atoms with Gasteiger partial charge in [0.2, 0.25) is 11.7 Å². The van der Waals surface area contributed by atoms with E-state index in [1.165, 1.54) is 28.4 Å². The SMILES string of the molecule is COc1cc(C(=O)c2c(-c3cnn(C)c3)oc3c(NC(=O)[C@@H](N)CO)c(OC)ccc23)cc(OC)c1OC. The summed E-state index contributed by atoms with van der Waals surface area (Å²) in [6.45, 7) is -0.561. The number of aryl methyl sites for hydroxylation is 1. The van der Waals surface area contributed by atoms with E-state index < -0.39 is 24.3 Å². The van der Waals surface area contributed by atoms with E-state index >= 15 is 0 Å². The molecule has 2 aromatic carbocycles. The van der Waals surface area contributed by atoms with Crippen molar-refractivity contribution < 1.29 is 38.1 Å². The van der Waals surface area contributed by atoms with Crippen LogP contribution in [0, 0.1) is 0 Å². The Kier molecular flexibility index (Phi) is 7.55. The number of hydrogen-bond donors (Lipinski definition) is 3. The molecule has 0 aliphatic heterocycles. The first-order chi connectivity index (χ1) is 18.3. The Bertz CT molecular complexity index is 1480. The van der Waals surface area contributed by atoms with Crippen LogP contribution >= 0.6 is 0 Å². The van der Waals surface area contributed by atoms with Crippen LogP contribution in [-0.4, -0.2) is 67.7 Å². The van der Waals surface area contributed by atoms with Gasteiger partial charge in [0.1, 0.15) is 23.2 Å². The maximum Gasteiger partial charge on any atom is 0.243 e. The van der Waals surface area contributed by atoms with Gasteiger partial charge in [0.15, 0.2) is 22.9 Å². The zero-order valence-electron chi connectivity index (χ0n) is 21.5. The Labute approximate surface area is 217 Å². The zero-order chi connectivity index (χ0) is 27.6. The number of nitrogens with one attached hydrogen (secondary N) is 1. The lowest BCUT2D eigenvalue weighted by atomic mass is 9.97. The number of aromatic nitrogens is 2. The molecule has 4 aromatic rings. The largest absolute Gasteiger partial charge is 0.494 e. The van der Waals surface area contributed by atoms with Gasteiger partial charge in [0, 0.05) is 24.2 Å². The van der Waals surface area contributed by atoms with Gasteiger partial charge in [-0.3, -0.25) is 14.3 Å².